The van der Waals surface area contributed by atoms with E-state index in [1.54, 1.807) is 0 Å². The number of carbonyl (C=O) groups is 3. The number of alkyl carbamates (subject to hydrolysis) is 1. The van der Waals surface area contributed by atoms with Crippen molar-refractivity contribution in [1.82, 2.24) is 10.2 Å². The van der Waals surface area contributed by atoms with E-state index < -0.39 is 43.2 Å². The summed E-state index contributed by atoms with van der Waals surface area (Å²) < 4.78 is 43.4. The zero-order valence-electron chi connectivity index (χ0n) is 19.2. The first-order valence-corrected chi connectivity index (χ1v) is 11.2. The van der Waals surface area contributed by atoms with Crippen LogP contribution in [0.1, 0.15) is 36.8 Å². The third-order valence-electron chi connectivity index (χ3n) is 5.86. The molecule has 0 heterocycles. The molecule has 1 unspecified atom stereocenters. The van der Waals surface area contributed by atoms with E-state index in [0.29, 0.717) is 6.42 Å². The molecule has 0 saturated carbocycles. The summed E-state index contributed by atoms with van der Waals surface area (Å²) >= 11 is 0. The number of alkyl halides is 3. The number of halogens is 3. The zero-order chi connectivity index (χ0) is 25.6. The van der Waals surface area contributed by atoms with E-state index in [9.17, 15) is 27.6 Å². The highest BCUT2D eigenvalue weighted by Gasteiger charge is 2.35. The highest BCUT2D eigenvalue weighted by atomic mass is 19.4. The van der Waals surface area contributed by atoms with Gasteiger partial charge in [-0.05, 0) is 35.1 Å². The number of amides is 2. The number of ether oxygens (including phenoxy) is 1. The van der Waals surface area contributed by atoms with E-state index in [0.717, 1.165) is 22.3 Å². The maximum absolute atomic E-state index is 12.7. The minimum atomic E-state index is -4.70. The molecule has 188 valence electrons. The summed E-state index contributed by atoms with van der Waals surface area (Å²) in [7, 11) is 0. The molecule has 3 rings (SSSR count). The van der Waals surface area contributed by atoms with Crippen molar-refractivity contribution in [2.75, 3.05) is 26.2 Å². The van der Waals surface area contributed by atoms with Gasteiger partial charge in [0.05, 0.1) is 0 Å². The average molecular weight is 492 g/mol. The molecule has 0 spiro atoms. The van der Waals surface area contributed by atoms with Crippen LogP contribution >= 0.6 is 0 Å². The van der Waals surface area contributed by atoms with Gasteiger partial charge in [0.15, 0.2) is 0 Å². The number of carboxylic acids is 1. The molecule has 10 heteroatoms. The normalized spacial score (nSPS) is 13.5. The first-order valence-electron chi connectivity index (χ1n) is 11.2. The Bertz CT molecular complexity index is 1030. The van der Waals surface area contributed by atoms with Crippen molar-refractivity contribution < 1.29 is 37.4 Å². The molecular weight excluding hydrogens is 465 g/mol. The molecule has 0 radical (unpaired) electrons. The van der Waals surface area contributed by atoms with Gasteiger partial charge in [-0.25, -0.2) is 4.79 Å². The Kier molecular flexibility index (Phi) is 8.37. The molecule has 0 fully saturated rings. The first kappa shape index (κ1) is 26.1. The van der Waals surface area contributed by atoms with Gasteiger partial charge < -0.3 is 20.1 Å². The van der Waals surface area contributed by atoms with Crippen LogP contribution in [0.5, 0.6) is 0 Å². The molecular formula is C25H27F3N2O5. The highest BCUT2D eigenvalue weighted by Crippen LogP contribution is 2.44. The van der Waals surface area contributed by atoms with Crippen LogP contribution in [0.4, 0.5) is 18.0 Å². The van der Waals surface area contributed by atoms with Crippen molar-refractivity contribution in [3.8, 4) is 11.1 Å². The number of rotatable bonds is 10. The predicted molar refractivity (Wildman–Crippen MR) is 122 cm³/mol. The van der Waals surface area contributed by atoms with Gasteiger partial charge in [0.25, 0.3) is 0 Å². The van der Waals surface area contributed by atoms with Crippen molar-refractivity contribution in [3.05, 3.63) is 59.7 Å². The lowest BCUT2D eigenvalue weighted by Crippen LogP contribution is -2.44. The second-order valence-electron chi connectivity index (χ2n) is 8.50. The fourth-order valence-corrected chi connectivity index (χ4v) is 4.27. The van der Waals surface area contributed by atoms with Gasteiger partial charge in [-0.1, -0.05) is 55.5 Å². The standard InChI is InChI=1S/C25H27F3N2O5/c1-16(23(33)30(13-22(31)32)15-25(26,27)28)7-6-12-29-24(34)35-14-21-19-10-4-2-8-17(19)18-9-3-5-11-20(18)21/h2-5,8-11,16,21H,6-7,12-15H2,1H3,(H,29,34)(H,31,32). The Hall–Kier alpha value is -3.56. The number of hydrogen-bond acceptors (Lipinski definition) is 4. The lowest BCUT2D eigenvalue weighted by atomic mass is 9.98. The maximum atomic E-state index is 12.7. The van der Waals surface area contributed by atoms with Crippen LogP contribution in [0.15, 0.2) is 48.5 Å². The van der Waals surface area contributed by atoms with Crippen molar-refractivity contribution in [1.29, 1.82) is 0 Å². The van der Waals surface area contributed by atoms with Gasteiger partial charge in [0.2, 0.25) is 5.91 Å². The van der Waals surface area contributed by atoms with Gasteiger partial charge in [-0.15, -0.1) is 0 Å². The van der Waals surface area contributed by atoms with Gasteiger partial charge >= 0.3 is 18.2 Å². The summed E-state index contributed by atoms with van der Waals surface area (Å²) in [5, 5.41) is 11.4. The Morgan fingerprint density at radius 2 is 1.63 bits per heavy atom. The largest absolute Gasteiger partial charge is 0.480 e. The van der Waals surface area contributed by atoms with E-state index in [2.05, 4.69) is 5.32 Å². The number of fused-ring (bicyclic) bond motifs is 3. The second-order valence-corrected chi connectivity index (χ2v) is 8.50. The van der Waals surface area contributed by atoms with Gasteiger partial charge in [-0.3, -0.25) is 9.59 Å². The number of hydrogen-bond donors (Lipinski definition) is 2. The molecule has 2 aromatic rings. The van der Waals surface area contributed by atoms with Crippen molar-refractivity contribution in [2.24, 2.45) is 5.92 Å². The molecule has 2 N–H and O–H groups in total. The Balaban J connectivity index is 1.45. The maximum Gasteiger partial charge on any atom is 0.407 e. The number of carboxylic acid groups (broad SMARTS) is 1. The van der Waals surface area contributed by atoms with Crippen LogP contribution in [-0.4, -0.2) is 60.4 Å². The van der Waals surface area contributed by atoms with E-state index >= 15 is 0 Å². The SMILES string of the molecule is CC(CCCNC(=O)OCC1c2ccccc2-c2ccccc21)C(=O)N(CC(=O)O)CC(F)(F)F. The first-order chi connectivity index (χ1) is 16.6. The molecule has 35 heavy (non-hydrogen) atoms. The Morgan fingerprint density at radius 1 is 1.06 bits per heavy atom. The van der Waals surface area contributed by atoms with Crippen LogP contribution in [-0.2, 0) is 14.3 Å². The second kappa shape index (κ2) is 11.2. The molecule has 0 aliphatic heterocycles. The molecule has 1 aliphatic rings. The number of nitrogens with one attached hydrogen (secondary N) is 1. The van der Waals surface area contributed by atoms with Crippen LogP contribution < -0.4 is 5.32 Å². The lowest BCUT2D eigenvalue weighted by Gasteiger charge is -2.25. The lowest BCUT2D eigenvalue weighted by molar-refractivity contribution is -0.167. The number of carbonyl (C=O) groups excluding carboxylic acids is 2. The third kappa shape index (κ3) is 6.97. The van der Waals surface area contributed by atoms with Gasteiger partial charge in [0.1, 0.15) is 19.7 Å². The fraction of sp³-hybridized carbons (Fsp3) is 0.400. The molecule has 0 saturated heterocycles. The van der Waals surface area contributed by atoms with Crippen LogP contribution in [0.3, 0.4) is 0 Å². The van der Waals surface area contributed by atoms with E-state index in [1.165, 1.54) is 6.92 Å². The molecule has 2 aromatic carbocycles. The molecule has 1 atom stereocenters. The topological polar surface area (TPSA) is 95.9 Å². The zero-order valence-corrected chi connectivity index (χ0v) is 19.2. The van der Waals surface area contributed by atoms with Crippen molar-refractivity contribution >= 4 is 18.0 Å². The summed E-state index contributed by atoms with van der Waals surface area (Å²) in [5.74, 6) is -3.33. The van der Waals surface area contributed by atoms with E-state index in [1.807, 2.05) is 48.5 Å². The quantitative estimate of drug-likeness (QED) is 0.479. The minimum Gasteiger partial charge on any atom is -0.480 e. The minimum absolute atomic E-state index is 0.0837. The van der Waals surface area contributed by atoms with E-state index in [-0.39, 0.29) is 30.4 Å². The summed E-state index contributed by atoms with van der Waals surface area (Å²) in [6.07, 6.45) is -4.84. The average Bonchev–Trinajstić information content (AvgIpc) is 3.12. The highest BCUT2D eigenvalue weighted by molar-refractivity contribution is 5.83. The molecule has 0 bridgehead atoms. The predicted octanol–water partition coefficient (Wildman–Crippen LogP) is 4.42. The smallest absolute Gasteiger partial charge is 0.407 e. The van der Waals surface area contributed by atoms with Gasteiger partial charge in [0, 0.05) is 18.4 Å². The van der Waals surface area contributed by atoms with Crippen LogP contribution in [0.25, 0.3) is 11.1 Å². The van der Waals surface area contributed by atoms with Crippen LogP contribution in [0, 0.1) is 5.92 Å². The number of nitrogens with zero attached hydrogens (tertiary/aromatic N) is 1. The summed E-state index contributed by atoms with van der Waals surface area (Å²) in [6.45, 7) is -0.912. The molecule has 7 nitrogen and oxygen atoms in total. The molecule has 0 aromatic heterocycles. The van der Waals surface area contributed by atoms with E-state index in [4.69, 9.17) is 9.84 Å². The van der Waals surface area contributed by atoms with Gasteiger partial charge in [-0.2, -0.15) is 13.2 Å². The number of benzene rings is 2. The summed E-state index contributed by atoms with van der Waals surface area (Å²) in [4.78, 5) is 35.6. The number of aliphatic carboxylic acids is 1. The summed E-state index contributed by atoms with van der Waals surface area (Å²) in [6, 6.07) is 15.9. The summed E-state index contributed by atoms with van der Waals surface area (Å²) in [5.41, 5.74) is 4.38. The molecule has 1 aliphatic carbocycles. The van der Waals surface area contributed by atoms with Crippen molar-refractivity contribution in [2.45, 2.75) is 31.9 Å². The van der Waals surface area contributed by atoms with Crippen molar-refractivity contribution in [3.63, 3.8) is 0 Å². The fourth-order valence-electron chi connectivity index (χ4n) is 4.27. The Morgan fingerprint density at radius 3 is 2.17 bits per heavy atom. The Labute approximate surface area is 200 Å². The monoisotopic (exact) mass is 492 g/mol. The van der Waals surface area contributed by atoms with Crippen LogP contribution in [0.2, 0.25) is 0 Å². The molecule has 2 amide bonds. The third-order valence-corrected chi connectivity index (χ3v) is 5.86.